The lowest BCUT2D eigenvalue weighted by atomic mass is 10.1. The molecular formula is C19H24FN3O3S. The van der Waals surface area contributed by atoms with Gasteiger partial charge in [0.2, 0.25) is 5.91 Å². The molecule has 0 aliphatic carbocycles. The highest BCUT2D eigenvalue weighted by molar-refractivity contribution is 7.91. The monoisotopic (exact) mass is 393 g/mol. The van der Waals surface area contributed by atoms with Gasteiger partial charge in [-0.1, -0.05) is 0 Å². The predicted octanol–water partition coefficient (Wildman–Crippen LogP) is 1.49. The Hall–Kier alpha value is -1.93. The van der Waals surface area contributed by atoms with Crippen molar-refractivity contribution in [3.05, 3.63) is 35.3 Å². The SMILES string of the molecule is Cc1[nH]c2ccc(F)cc2c1CC(=O)N1CCN([C@@H]2CCS(=O)(=O)C2)CC1. The van der Waals surface area contributed by atoms with Crippen LogP contribution in [0.4, 0.5) is 4.39 Å². The highest BCUT2D eigenvalue weighted by Gasteiger charge is 2.34. The first kappa shape index (κ1) is 18.4. The van der Waals surface area contributed by atoms with Crippen molar-refractivity contribution < 1.29 is 17.6 Å². The van der Waals surface area contributed by atoms with Crippen molar-refractivity contribution in [1.82, 2.24) is 14.8 Å². The molecule has 1 aromatic heterocycles. The van der Waals surface area contributed by atoms with Gasteiger partial charge in [-0.05, 0) is 37.1 Å². The van der Waals surface area contributed by atoms with Crippen LogP contribution in [0.15, 0.2) is 18.2 Å². The molecule has 2 aromatic rings. The number of aromatic amines is 1. The Bertz CT molecular complexity index is 977. The van der Waals surface area contributed by atoms with Crippen molar-refractivity contribution in [2.24, 2.45) is 0 Å². The smallest absolute Gasteiger partial charge is 0.227 e. The summed E-state index contributed by atoms with van der Waals surface area (Å²) in [5, 5.41) is 0.760. The number of benzene rings is 1. The number of carbonyl (C=O) groups is 1. The van der Waals surface area contributed by atoms with Crippen molar-refractivity contribution in [1.29, 1.82) is 0 Å². The van der Waals surface area contributed by atoms with E-state index in [-0.39, 0.29) is 35.7 Å². The molecule has 0 unspecified atom stereocenters. The van der Waals surface area contributed by atoms with Crippen LogP contribution in [0, 0.1) is 12.7 Å². The minimum absolute atomic E-state index is 0.0296. The van der Waals surface area contributed by atoms with Crippen LogP contribution in [0.2, 0.25) is 0 Å². The van der Waals surface area contributed by atoms with Crippen LogP contribution in [0.5, 0.6) is 0 Å². The van der Waals surface area contributed by atoms with Gasteiger partial charge in [0, 0.05) is 48.8 Å². The third-order valence-corrected chi connectivity index (χ3v) is 7.55. The minimum atomic E-state index is -2.89. The Balaban J connectivity index is 1.40. The number of carbonyl (C=O) groups excluding carboxylic acids is 1. The summed E-state index contributed by atoms with van der Waals surface area (Å²) < 4.78 is 37.0. The lowest BCUT2D eigenvalue weighted by molar-refractivity contribution is -0.132. The Labute approximate surface area is 158 Å². The predicted molar refractivity (Wildman–Crippen MR) is 102 cm³/mol. The number of amides is 1. The van der Waals surface area contributed by atoms with Crippen LogP contribution >= 0.6 is 0 Å². The molecule has 1 atom stereocenters. The fourth-order valence-electron chi connectivity index (χ4n) is 4.25. The zero-order valence-corrected chi connectivity index (χ0v) is 16.2. The number of piperazine rings is 1. The van der Waals surface area contributed by atoms with Crippen LogP contribution in [0.1, 0.15) is 17.7 Å². The van der Waals surface area contributed by atoms with Gasteiger partial charge in [-0.15, -0.1) is 0 Å². The Morgan fingerprint density at radius 1 is 1.26 bits per heavy atom. The highest BCUT2D eigenvalue weighted by Crippen LogP contribution is 2.25. The molecule has 2 aliphatic heterocycles. The Morgan fingerprint density at radius 2 is 2.00 bits per heavy atom. The van der Waals surface area contributed by atoms with Gasteiger partial charge in [0.1, 0.15) is 5.82 Å². The second-order valence-electron chi connectivity index (χ2n) is 7.57. The first-order valence-corrected chi connectivity index (χ1v) is 11.1. The van der Waals surface area contributed by atoms with Crippen LogP contribution in [0.3, 0.4) is 0 Å². The van der Waals surface area contributed by atoms with Crippen LogP contribution in [0.25, 0.3) is 10.9 Å². The molecule has 8 heteroatoms. The number of hydrogen-bond acceptors (Lipinski definition) is 4. The average molecular weight is 393 g/mol. The summed E-state index contributed by atoms with van der Waals surface area (Å²) in [6.45, 7) is 4.51. The van der Waals surface area contributed by atoms with E-state index in [1.807, 2.05) is 11.8 Å². The van der Waals surface area contributed by atoms with Gasteiger partial charge in [0.25, 0.3) is 0 Å². The van der Waals surface area contributed by atoms with Crippen molar-refractivity contribution in [2.45, 2.75) is 25.8 Å². The van der Waals surface area contributed by atoms with Crippen molar-refractivity contribution in [2.75, 3.05) is 37.7 Å². The molecule has 1 amide bonds. The van der Waals surface area contributed by atoms with E-state index in [0.717, 1.165) is 22.2 Å². The molecule has 1 aromatic carbocycles. The summed E-state index contributed by atoms with van der Waals surface area (Å²) in [7, 11) is -2.89. The molecule has 0 bridgehead atoms. The maximum Gasteiger partial charge on any atom is 0.227 e. The van der Waals surface area contributed by atoms with Crippen LogP contribution in [-0.4, -0.2) is 72.8 Å². The zero-order chi connectivity index (χ0) is 19.2. The van der Waals surface area contributed by atoms with E-state index in [2.05, 4.69) is 9.88 Å². The standard InChI is InChI=1S/C19H24FN3O3S/c1-13-16(17-10-14(20)2-3-18(17)21-13)11-19(24)23-7-5-22(6-8-23)15-4-9-27(25,26)12-15/h2-3,10,15,21H,4-9,11-12H2,1H3/t15-/m1/s1. The number of nitrogens with one attached hydrogen (secondary N) is 1. The number of H-pyrrole nitrogens is 1. The van der Waals surface area contributed by atoms with Gasteiger partial charge in [-0.25, -0.2) is 12.8 Å². The fourth-order valence-corrected chi connectivity index (χ4v) is 6.01. The number of aromatic nitrogens is 1. The number of nitrogens with zero attached hydrogens (tertiary/aromatic N) is 2. The normalized spacial score (nSPS) is 23.2. The summed E-state index contributed by atoms with van der Waals surface area (Å²) in [5.74, 6) is 0.228. The highest BCUT2D eigenvalue weighted by atomic mass is 32.2. The summed E-state index contributed by atoms with van der Waals surface area (Å²) in [5.41, 5.74) is 2.57. The molecule has 2 saturated heterocycles. The second kappa shape index (κ2) is 6.91. The number of hydrogen-bond donors (Lipinski definition) is 1. The zero-order valence-electron chi connectivity index (χ0n) is 15.4. The summed E-state index contributed by atoms with van der Waals surface area (Å²) in [6.07, 6.45) is 0.934. The van der Waals surface area contributed by atoms with Crippen LogP contribution in [-0.2, 0) is 21.1 Å². The first-order chi connectivity index (χ1) is 12.8. The molecule has 146 valence electrons. The quantitative estimate of drug-likeness (QED) is 0.858. The van der Waals surface area contributed by atoms with Crippen molar-refractivity contribution >= 4 is 26.6 Å². The van der Waals surface area contributed by atoms with Gasteiger partial charge < -0.3 is 9.88 Å². The molecule has 0 saturated carbocycles. The fraction of sp³-hybridized carbons (Fsp3) is 0.526. The lowest BCUT2D eigenvalue weighted by Crippen LogP contribution is -2.52. The number of fused-ring (bicyclic) bond motifs is 1. The maximum atomic E-state index is 13.6. The Morgan fingerprint density at radius 3 is 2.67 bits per heavy atom. The van der Waals surface area contributed by atoms with Gasteiger partial charge in [-0.2, -0.15) is 0 Å². The summed E-state index contributed by atoms with van der Waals surface area (Å²) in [4.78, 5) is 20.0. The molecule has 2 aliphatic rings. The first-order valence-electron chi connectivity index (χ1n) is 9.31. The molecule has 2 fully saturated rings. The van der Waals surface area contributed by atoms with E-state index in [1.165, 1.54) is 12.1 Å². The molecule has 3 heterocycles. The molecule has 1 N–H and O–H groups in total. The van der Waals surface area contributed by atoms with Crippen molar-refractivity contribution in [3.8, 4) is 0 Å². The minimum Gasteiger partial charge on any atom is -0.358 e. The molecule has 4 rings (SSSR count). The van der Waals surface area contributed by atoms with Crippen LogP contribution < -0.4 is 0 Å². The topological polar surface area (TPSA) is 73.5 Å². The van der Waals surface area contributed by atoms with Crippen molar-refractivity contribution in [3.63, 3.8) is 0 Å². The van der Waals surface area contributed by atoms with E-state index >= 15 is 0 Å². The summed E-state index contributed by atoms with van der Waals surface area (Å²) >= 11 is 0. The molecule has 27 heavy (non-hydrogen) atoms. The second-order valence-corrected chi connectivity index (χ2v) is 9.80. The average Bonchev–Trinajstić information content (AvgIpc) is 3.14. The number of halogens is 1. The largest absolute Gasteiger partial charge is 0.358 e. The van der Waals surface area contributed by atoms with Gasteiger partial charge in [0.05, 0.1) is 17.9 Å². The van der Waals surface area contributed by atoms with E-state index in [4.69, 9.17) is 0 Å². The third kappa shape index (κ3) is 3.73. The maximum absolute atomic E-state index is 13.6. The van der Waals surface area contributed by atoms with Gasteiger partial charge in [-0.3, -0.25) is 9.69 Å². The van der Waals surface area contributed by atoms with E-state index < -0.39 is 9.84 Å². The van der Waals surface area contributed by atoms with E-state index in [1.54, 1.807) is 6.07 Å². The van der Waals surface area contributed by atoms with E-state index in [0.29, 0.717) is 32.6 Å². The van der Waals surface area contributed by atoms with E-state index in [9.17, 15) is 17.6 Å². The van der Waals surface area contributed by atoms with Gasteiger partial charge >= 0.3 is 0 Å². The lowest BCUT2D eigenvalue weighted by Gasteiger charge is -2.37. The number of aryl methyl sites for hydroxylation is 1. The molecule has 0 spiro atoms. The summed E-state index contributed by atoms with van der Waals surface area (Å²) in [6, 6.07) is 4.66. The molecule has 6 nitrogen and oxygen atoms in total. The Kier molecular flexibility index (Phi) is 4.71. The third-order valence-electron chi connectivity index (χ3n) is 5.80. The molecular weight excluding hydrogens is 369 g/mol. The van der Waals surface area contributed by atoms with Gasteiger partial charge in [0.15, 0.2) is 9.84 Å². The molecule has 0 radical (unpaired) electrons. The number of sulfone groups is 1. The number of rotatable bonds is 3.